The number of aliphatic hydroxyl groups excluding tert-OH is 1. The maximum absolute atomic E-state index is 10.2. The van der Waals surface area contributed by atoms with Gasteiger partial charge in [0.05, 0.1) is 6.10 Å². The molecule has 0 saturated carbocycles. The zero-order valence-electron chi connectivity index (χ0n) is 10.7. The SMILES string of the molecule is CC1C(C)(C)C2=C(C(O)CCC2)C1(C)C. The minimum Gasteiger partial charge on any atom is -0.389 e. The van der Waals surface area contributed by atoms with E-state index in [4.69, 9.17) is 0 Å². The highest BCUT2D eigenvalue weighted by molar-refractivity contribution is 5.38. The molecule has 0 radical (unpaired) electrons. The fraction of sp³-hybridized carbons (Fsp3) is 0.857. The molecule has 0 aromatic heterocycles. The van der Waals surface area contributed by atoms with Crippen LogP contribution in [0.4, 0.5) is 0 Å². The summed E-state index contributed by atoms with van der Waals surface area (Å²) >= 11 is 0. The Bertz CT molecular complexity index is 309. The Balaban J connectivity index is 2.55. The highest BCUT2D eigenvalue weighted by atomic mass is 16.3. The topological polar surface area (TPSA) is 20.2 Å². The molecule has 0 bridgehead atoms. The molecular weight excluding hydrogens is 184 g/mol. The van der Waals surface area contributed by atoms with Crippen LogP contribution in [-0.2, 0) is 0 Å². The molecule has 0 heterocycles. The molecule has 15 heavy (non-hydrogen) atoms. The number of hydrogen-bond acceptors (Lipinski definition) is 1. The van der Waals surface area contributed by atoms with E-state index in [-0.39, 0.29) is 16.9 Å². The van der Waals surface area contributed by atoms with Gasteiger partial charge in [-0.3, -0.25) is 0 Å². The van der Waals surface area contributed by atoms with E-state index in [1.54, 1.807) is 5.57 Å². The Labute approximate surface area is 93.6 Å². The molecule has 2 aliphatic rings. The average molecular weight is 208 g/mol. The summed E-state index contributed by atoms with van der Waals surface area (Å²) in [6.07, 6.45) is 3.15. The van der Waals surface area contributed by atoms with Gasteiger partial charge in [0.15, 0.2) is 0 Å². The molecule has 0 fully saturated rings. The van der Waals surface area contributed by atoms with Crippen LogP contribution in [0.25, 0.3) is 0 Å². The maximum atomic E-state index is 10.2. The molecule has 0 spiro atoms. The second kappa shape index (κ2) is 3.10. The maximum Gasteiger partial charge on any atom is 0.0758 e. The zero-order chi connectivity index (χ0) is 11.4. The van der Waals surface area contributed by atoms with Crippen LogP contribution in [0.15, 0.2) is 11.1 Å². The van der Waals surface area contributed by atoms with Gasteiger partial charge < -0.3 is 5.11 Å². The zero-order valence-corrected chi connectivity index (χ0v) is 10.7. The van der Waals surface area contributed by atoms with Crippen LogP contribution in [0.3, 0.4) is 0 Å². The molecule has 1 nitrogen and oxygen atoms in total. The van der Waals surface area contributed by atoms with E-state index in [9.17, 15) is 5.11 Å². The molecule has 1 N–H and O–H groups in total. The van der Waals surface area contributed by atoms with Crippen molar-refractivity contribution in [1.82, 2.24) is 0 Å². The Morgan fingerprint density at radius 2 is 1.73 bits per heavy atom. The van der Waals surface area contributed by atoms with Crippen molar-refractivity contribution in [2.45, 2.75) is 60.0 Å². The van der Waals surface area contributed by atoms with Crippen LogP contribution in [0.5, 0.6) is 0 Å². The van der Waals surface area contributed by atoms with Gasteiger partial charge in [0.25, 0.3) is 0 Å². The van der Waals surface area contributed by atoms with E-state index < -0.39 is 0 Å². The molecule has 2 rings (SSSR count). The summed E-state index contributed by atoms with van der Waals surface area (Å²) in [5, 5.41) is 10.2. The van der Waals surface area contributed by atoms with E-state index in [0.29, 0.717) is 5.92 Å². The van der Waals surface area contributed by atoms with E-state index in [1.165, 1.54) is 12.0 Å². The smallest absolute Gasteiger partial charge is 0.0758 e. The normalized spacial score (nSPS) is 38.0. The fourth-order valence-electron chi connectivity index (χ4n) is 3.84. The van der Waals surface area contributed by atoms with Crippen LogP contribution in [-0.4, -0.2) is 11.2 Å². The van der Waals surface area contributed by atoms with E-state index >= 15 is 0 Å². The van der Waals surface area contributed by atoms with Gasteiger partial charge in [0.1, 0.15) is 0 Å². The highest BCUT2D eigenvalue weighted by Gasteiger charge is 2.52. The van der Waals surface area contributed by atoms with Crippen molar-refractivity contribution in [1.29, 1.82) is 0 Å². The second-order valence-electron chi connectivity index (χ2n) is 6.47. The van der Waals surface area contributed by atoms with Crippen molar-refractivity contribution in [3.8, 4) is 0 Å². The number of aliphatic hydroxyl groups is 1. The third kappa shape index (κ3) is 1.32. The van der Waals surface area contributed by atoms with Crippen LogP contribution >= 0.6 is 0 Å². The van der Waals surface area contributed by atoms with Crippen LogP contribution in [0, 0.1) is 16.7 Å². The lowest BCUT2D eigenvalue weighted by atomic mass is 9.69. The first-order chi connectivity index (χ1) is 6.79. The molecule has 86 valence electrons. The molecule has 0 aromatic rings. The largest absolute Gasteiger partial charge is 0.389 e. The van der Waals surface area contributed by atoms with Crippen molar-refractivity contribution < 1.29 is 5.11 Å². The minimum absolute atomic E-state index is 0.173. The molecule has 2 atom stereocenters. The monoisotopic (exact) mass is 208 g/mol. The van der Waals surface area contributed by atoms with Gasteiger partial charge in [-0.05, 0) is 41.6 Å². The first-order valence-corrected chi connectivity index (χ1v) is 6.21. The standard InChI is InChI=1S/C14H24O/c1-9-13(2,3)10-7-6-8-11(15)12(10)14(9,4)5/h9,11,15H,6-8H2,1-5H3. The van der Waals surface area contributed by atoms with E-state index in [0.717, 1.165) is 12.8 Å². The Hall–Kier alpha value is -0.300. The molecule has 2 unspecified atom stereocenters. The molecule has 0 aliphatic heterocycles. The van der Waals surface area contributed by atoms with Crippen LogP contribution in [0.2, 0.25) is 0 Å². The molecule has 2 aliphatic carbocycles. The van der Waals surface area contributed by atoms with E-state index in [1.807, 2.05) is 0 Å². The van der Waals surface area contributed by atoms with Gasteiger partial charge in [-0.25, -0.2) is 0 Å². The summed E-state index contributed by atoms with van der Waals surface area (Å²) in [6.45, 7) is 11.6. The summed E-state index contributed by atoms with van der Waals surface area (Å²) in [5.74, 6) is 0.628. The molecule has 1 heteroatoms. The first kappa shape index (κ1) is 11.2. The van der Waals surface area contributed by atoms with Gasteiger partial charge in [-0.1, -0.05) is 40.2 Å². The summed E-state index contributed by atoms with van der Waals surface area (Å²) in [6, 6.07) is 0. The molecular formula is C14H24O. The summed E-state index contributed by atoms with van der Waals surface area (Å²) in [4.78, 5) is 0. The van der Waals surface area contributed by atoms with Crippen LogP contribution < -0.4 is 0 Å². The van der Waals surface area contributed by atoms with Crippen molar-refractivity contribution in [3.05, 3.63) is 11.1 Å². The Morgan fingerprint density at radius 3 is 2.27 bits per heavy atom. The summed E-state index contributed by atoms with van der Waals surface area (Å²) in [7, 11) is 0. The predicted octanol–water partition coefficient (Wildman–Crippen LogP) is 3.53. The van der Waals surface area contributed by atoms with Gasteiger partial charge in [-0.2, -0.15) is 0 Å². The average Bonchev–Trinajstić information content (AvgIpc) is 2.27. The molecule has 0 amide bonds. The lowest BCUT2D eigenvalue weighted by molar-refractivity contribution is 0.141. The molecule has 0 aromatic carbocycles. The Morgan fingerprint density at radius 1 is 1.13 bits per heavy atom. The van der Waals surface area contributed by atoms with Gasteiger partial charge in [0.2, 0.25) is 0 Å². The lowest BCUT2D eigenvalue weighted by Gasteiger charge is -2.35. The van der Waals surface area contributed by atoms with Crippen LogP contribution in [0.1, 0.15) is 53.9 Å². The quantitative estimate of drug-likeness (QED) is 0.604. The second-order valence-corrected chi connectivity index (χ2v) is 6.47. The summed E-state index contributed by atoms with van der Waals surface area (Å²) < 4.78 is 0. The fourth-order valence-corrected chi connectivity index (χ4v) is 3.84. The summed E-state index contributed by atoms with van der Waals surface area (Å²) in [5.41, 5.74) is 3.38. The van der Waals surface area contributed by atoms with Gasteiger partial charge >= 0.3 is 0 Å². The lowest BCUT2D eigenvalue weighted by Crippen LogP contribution is -2.30. The number of allylic oxidation sites excluding steroid dienone is 1. The van der Waals surface area contributed by atoms with E-state index in [2.05, 4.69) is 34.6 Å². The van der Waals surface area contributed by atoms with Crippen molar-refractivity contribution in [3.63, 3.8) is 0 Å². The third-order valence-corrected chi connectivity index (χ3v) is 5.20. The van der Waals surface area contributed by atoms with Gasteiger partial charge in [-0.15, -0.1) is 0 Å². The number of hydrogen-bond donors (Lipinski definition) is 1. The minimum atomic E-state index is -0.173. The highest BCUT2D eigenvalue weighted by Crippen LogP contribution is 2.60. The van der Waals surface area contributed by atoms with Crippen molar-refractivity contribution in [2.24, 2.45) is 16.7 Å². The van der Waals surface area contributed by atoms with Gasteiger partial charge in [0, 0.05) is 0 Å². The van der Waals surface area contributed by atoms with Crippen molar-refractivity contribution in [2.75, 3.05) is 0 Å². The Kier molecular flexibility index (Phi) is 2.31. The number of rotatable bonds is 0. The van der Waals surface area contributed by atoms with Crippen molar-refractivity contribution >= 4 is 0 Å². The first-order valence-electron chi connectivity index (χ1n) is 6.21. The predicted molar refractivity (Wildman–Crippen MR) is 63.6 cm³/mol. The molecule has 0 saturated heterocycles. The third-order valence-electron chi connectivity index (χ3n) is 5.20.